The van der Waals surface area contributed by atoms with E-state index in [0.29, 0.717) is 41.3 Å². The standard InChI is InChI=1S/C16H13N7/c17-5-6-19-14-9-20-12-7-10(8-18)15-21-11-3-1-2-4-13(11)23(15)16(12)22-14/h1-4,7,9H,5-6,17H2,(H,19,22). The van der Waals surface area contributed by atoms with Crippen LogP contribution in [0.4, 0.5) is 5.82 Å². The first-order valence-corrected chi connectivity index (χ1v) is 7.23. The van der Waals surface area contributed by atoms with Crippen LogP contribution in [-0.2, 0) is 0 Å². The average molecular weight is 303 g/mol. The van der Waals surface area contributed by atoms with Crippen molar-refractivity contribution in [1.82, 2.24) is 19.4 Å². The molecule has 0 aliphatic carbocycles. The fourth-order valence-corrected chi connectivity index (χ4v) is 2.65. The highest BCUT2D eigenvalue weighted by atomic mass is 15.1. The lowest BCUT2D eigenvalue weighted by Crippen LogP contribution is -2.14. The van der Waals surface area contributed by atoms with Crippen molar-refractivity contribution in [3.63, 3.8) is 0 Å². The largest absolute Gasteiger partial charge is 0.367 e. The molecule has 3 aromatic heterocycles. The second-order valence-corrected chi connectivity index (χ2v) is 5.11. The summed E-state index contributed by atoms with van der Waals surface area (Å²) >= 11 is 0. The molecule has 0 amide bonds. The molecule has 112 valence electrons. The van der Waals surface area contributed by atoms with E-state index in [-0.39, 0.29) is 0 Å². The highest BCUT2D eigenvalue weighted by Gasteiger charge is 2.14. The van der Waals surface area contributed by atoms with Gasteiger partial charge in [-0.2, -0.15) is 5.26 Å². The average Bonchev–Trinajstić information content (AvgIpc) is 2.99. The molecule has 7 nitrogen and oxygen atoms in total. The van der Waals surface area contributed by atoms with Gasteiger partial charge in [0.1, 0.15) is 17.4 Å². The molecule has 0 bridgehead atoms. The summed E-state index contributed by atoms with van der Waals surface area (Å²) in [5.41, 5.74) is 9.61. The van der Waals surface area contributed by atoms with Crippen LogP contribution in [0.5, 0.6) is 0 Å². The smallest absolute Gasteiger partial charge is 0.167 e. The summed E-state index contributed by atoms with van der Waals surface area (Å²) in [4.78, 5) is 13.6. The molecule has 0 radical (unpaired) electrons. The molecule has 0 spiro atoms. The zero-order valence-corrected chi connectivity index (χ0v) is 12.2. The second kappa shape index (κ2) is 5.19. The Hall–Kier alpha value is -3.24. The molecule has 0 atom stereocenters. The van der Waals surface area contributed by atoms with Crippen LogP contribution < -0.4 is 11.1 Å². The van der Waals surface area contributed by atoms with E-state index in [1.165, 1.54) is 0 Å². The molecule has 0 saturated heterocycles. The zero-order chi connectivity index (χ0) is 15.8. The Morgan fingerprint density at radius 3 is 2.87 bits per heavy atom. The summed E-state index contributed by atoms with van der Waals surface area (Å²) in [7, 11) is 0. The first kappa shape index (κ1) is 13.4. The molecule has 1 aromatic carbocycles. The Balaban J connectivity index is 2.12. The molecular formula is C16H13N7. The lowest BCUT2D eigenvalue weighted by molar-refractivity contribution is 1.01. The fraction of sp³-hybridized carbons (Fsp3) is 0.125. The summed E-state index contributed by atoms with van der Waals surface area (Å²) in [6, 6.07) is 11.6. The predicted octanol–water partition coefficient (Wildman–Crippen LogP) is 1.67. The maximum atomic E-state index is 9.41. The zero-order valence-electron chi connectivity index (χ0n) is 12.2. The Morgan fingerprint density at radius 2 is 2.04 bits per heavy atom. The summed E-state index contributed by atoms with van der Waals surface area (Å²) in [6.07, 6.45) is 1.64. The highest BCUT2D eigenvalue weighted by molar-refractivity contribution is 5.90. The number of hydrogen-bond acceptors (Lipinski definition) is 6. The van der Waals surface area contributed by atoms with E-state index in [1.54, 1.807) is 12.3 Å². The molecule has 0 fully saturated rings. The number of nitriles is 1. The van der Waals surface area contributed by atoms with Gasteiger partial charge in [-0.25, -0.2) is 15.0 Å². The first-order valence-electron chi connectivity index (χ1n) is 7.23. The van der Waals surface area contributed by atoms with Crippen molar-refractivity contribution >= 4 is 33.7 Å². The van der Waals surface area contributed by atoms with Crippen LogP contribution in [0.1, 0.15) is 5.56 Å². The van der Waals surface area contributed by atoms with Gasteiger partial charge in [-0.3, -0.25) is 4.40 Å². The van der Waals surface area contributed by atoms with E-state index < -0.39 is 0 Å². The molecule has 0 aliphatic heterocycles. The molecule has 7 heteroatoms. The Bertz CT molecular complexity index is 1070. The summed E-state index contributed by atoms with van der Waals surface area (Å²) in [5.74, 6) is 0.645. The molecule has 0 unspecified atom stereocenters. The third-order valence-electron chi connectivity index (χ3n) is 3.65. The van der Waals surface area contributed by atoms with Gasteiger partial charge < -0.3 is 11.1 Å². The highest BCUT2D eigenvalue weighted by Crippen LogP contribution is 2.24. The second-order valence-electron chi connectivity index (χ2n) is 5.11. The number of nitrogens with one attached hydrogen (secondary N) is 1. The third-order valence-corrected chi connectivity index (χ3v) is 3.65. The van der Waals surface area contributed by atoms with Crippen LogP contribution in [-0.4, -0.2) is 32.4 Å². The normalized spacial score (nSPS) is 11.1. The van der Waals surface area contributed by atoms with Crippen molar-refractivity contribution in [3.8, 4) is 6.07 Å². The van der Waals surface area contributed by atoms with Gasteiger partial charge in [-0.15, -0.1) is 0 Å². The molecule has 3 N–H and O–H groups in total. The number of anilines is 1. The van der Waals surface area contributed by atoms with Crippen LogP contribution in [0.2, 0.25) is 0 Å². The van der Waals surface area contributed by atoms with Gasteiger partial charge in [0.2, 0.25) is 0 Å². The van der Waals surface area contributed by atoms with Crippen molar-refractivity contribution in [1.29, 1.82) is 5.26 Å². The van der Waals surface area contributed by atoms with E-state index in [4.69, 9.17) is 5.73 Å². The first-order chi connectivity index (χ1) is 11.3. The van der Waals surface area contributed by atoms with Gasteiger partial charge in [0, 0.05) is 13.1 Å². The number of para-hydroxylation sites is 2. The SMILES string of the molecule is N#Cc1cc2ncc(NCCN)nc2n2c1nc1ccccc12. The van der Waals surface area contributed by atoms with Crippen molar-refractivity contribution in [2.75, 3.05) is 18.4 Å². The number of benzene rings is 1. The van der Waals surface area contributed by atoms with E-state index in [9.17, 15) is 5.26 Å². The minimum atomic E-state index is 0.477. The minimum absolute atomic E-state index is 0.477. The predicted molar refractivity (Wildman–Crippen MR) is 88.1 cm³/mol. The van der Waals surface area contributed by atoms with Crippen molar-refractivity contribution < 1.29 is 0 Å². The Morgan fingerprint density at radius 1 is 1.17 bits per heavy atom. The molecular weight excluding hydrogens is 290 g/mol. The molecule has 4 rings (SSSR count). The van der Waals surface area contributed by atoms with Gasteiger partial charge in [0.15, 0.2) is 11.3 Å². The summed E-state index contributed by atoms with van der Waals surface area (Å²) in [6.45, 7) is 1.13. The van der Waals surface area contributed by atoms with Crippen LogP contribution in [0.25, 0.3) is 27.8 Å². The van der Waals surface area contributed by atoms with Crippen LogP contribution in [0, 0.1) is 11.3 Å². The Labute approximate surface area is 131 Å². The van der Waals surface area contributed by atoms with E-state index in [1.807, 2.05) is 28.7 Å². The molecule has 0 aliphatic rings. The maximum Gasteiger partial charge on any atom is 0.167 e. The van der Waals surface area contributed by atoms with Crippen LogP contribution >= 0.6 is 0 Å². The number of aromatic nitrogens is 4. The number of hydrogen-bond donors (Lipinski definition) is 2. The van der Waals surface area contributed by atoms with E-state index >= 15 is 0 Å². The molecule has 3 heterocycles. The van der Waals surface area contributed by atoms with Gasteiger partial charge in [-0.1, -0.05) is 12.1 Å². The lowest BCUT2D eigenvalue weighted by Gasteiger charge is -2.07. The number of imidazole rings is 1. The monoisotopic (exact) mass is 303 g/mol. The van der Waals surface area contributed by atoms with Crippen LogP contribution in [0.15, 0.2) is 36.5 Å². The Kier molecular flexibility index (Phi) is 3.03. The fourth-order valence-electron chi connectivity index (χ4n) is 2.65. The van der Waals surface area contributed by atoms with Crippen molar-refractivity contribution in [2.24, 2.45) is 5.73 Å². The number of nitrogens with two attached hydrogens (primary N) is 1. The van der Waals surface area contributed by atoms with Crippen LogP contribution in [0.3, 0.4) is 0 Å². The minimum Gasteiger partial charge on any atom is -0.367 e. The number of pyridine rings is 1. The van der Waals surface area contributed by atoms with Gasteiger partial charge >= 0.3 is 0 Å². The molecule has 23 heavy (non-hydrogen) atoms. The van der Waals surface area contributed by atoms with Crippen molar-refractivity contribution in [3.05, 3.63) is 42.1 Å². The van der Waals surface area contributed by atoms with Gasteiger partial charge in [0.05, 0.1) is 22.8 Å². The number of nitrogens with zero attached hydrogens (tertiary/aromatic N) is 5. The van der Waals surface area contributed by atoms with Gasteiger partial charge in [-0.05, 0) is 18.2 Å². The summed E-state index contributed by atoms with van der Waals surface area (Å²) < 4.78 is 1.88. The molecule has 0 saturated carbocycles. The molecule has 4 aromatic rings. The third kappa shape index (κ3) is 2.05. The van der Waals surface area contributed by atoms with Gasteiger partial charge in [0.25, 0.3) is 0 Å². The van der Waals surface area contributed by atoms with E-state index in [2.05, 4.69) is 26.3 Å². The lowest BCUT2D eigenvalue weighted by atomic mass is 10.2. The number of rotatable bonds is 3. The number of fused-ring (bicyclic) bond motifs is 5. The van der Waals surface area contributed by atoms with Crippen molar-refractivity contribution in [2.45, 2.75) is 0 Å². The summed E-state index contributed by atoms with van der Waals surface area (Å²) in [5, 5.41) is 12.5. The topological polar surface area (TPSA) is 105 Å². The quantitative estimate of drug-likeness (QED) is 0.596. The maximum absolute atomic E-state index is 9.41. The van der Waals surface area contributed by atoms with E-state index in [0.717, 1.165) is 11.0 Å².